The summed E-state index contributed by atoms with van der Waals surface area (Å²) in [5.74, 6) is 0.820. The first kappa shape index (κ1) is 14.0. The fourth-order valence-corrected chi connectivity index (χ4v) is 3.04. The molecule has 0 bridgehead atoms. The molecule has 0 radical (unpaired) electrons. The van der Waals surface area contributed by atoms with Gasteiger partial charge in [0.25, 0.3) is 0 Å². The van der Waals surface area contributed by atoms with Gasteiger partial charge in [-0.25, -0.2) is 0 Å². The van der Waals surface area contributed by atoms with Gasteiger partial charge in [-0.15, -0.1) is 0 Å². The van der Waals surface area contributed by atoms with Gasteiger partial charge >= 0.3 is 0 Å². The number of likely N-dealkylation sites (tertiary alicyclic amines) is 1. The van der Waals surface area contributed by atoms with Crippen molar-refractivity contribution in [2.45, 2.75) is 32.2 Å². The third-order valence-corrected chi connectivity index (χ3v) is 4.45. The monoisotopic (exact) mass is 253 g/mol. The van der Waals surface area contributed by atoms with Crippen LogP contribution in [0.2, 0.25) is 0 Å². The Morgan fingerprint density at radius 2 is 1.83 bits per heavy atom. The molecule has 4 nitrogen and oxygen atoms in total. The summed E-state index contributed by atoms with van der Waals surface area (Å²) in [6.45, 7) is 8.66. The number of ketones is 1. The molecule has 2 rings (SSSR count). The molecule has 2 fully saturated rings. The summed E-state index contributed by atoms with van der Waals surface area (Å²) < 4.78 is 0. The molecule has 1 N–H and O–H groups in total. The lowest BCUT2D eigenvalue weighted by molar-refractivity contribution is -0.125. The van der Waals surface area contributed by atoms with Gasteiger partial charge in [-0.05, 0) is 39.9 Å². The first-order valence-corrected chi connectivity index (χ1v) is 7.33. The Bertz CT molecular complexity index is 268. The van der Waals surface area contributed by atoms with Crippen LogP contribution in [0.15, 0.2) is 0 Å². The first-order valence-electron chi connectivity index (χ1n) is 7.33. The number of piperidine rings is 1. The van der Waals surface area contributed by atoms with Crippen LogP contribution in [0.25, 0.3) is 0 Å². The Balaban J connectivity index is 1.75. The van der Waals surface area contributed by atoms with E-state index in [4.69, 9.17) is 0 Å². The summed E-state index contributed by atoms with van der Waals surface area (Å²) in [4.78, 5) is 17.1. The molecular formula is C14H27N3O. The van der Waals surface area contributed by atoms with E-state index in [1.165, 1.54) is 0 Å². The zero-order chi connectivity index (χ0) is 13.0. The van der Waals surface area contributed by atoms with E-state index in [-0.39, 0.29) is 0 Å². The topological polar surface area (TPSA) is 35.6 Å². The van der Waals surface area contributed by atoms with E-state index in [0.717, 1.165) is 58.5 Å². The molecule has 0 amide bonds. The SMILES string of the molecule is CC(CC(=O)C1CCN(C)CC1)N1CCNCC1. The van der Waals surface area contributed by atoms with Crippen LogP contribution in [0.1, 0.15) is 26.2 Å². The molecule has 0 aromatic carbocycles. The van der Waals surface area contributed by atoms with E-state index in [1.54, 1.807) is 0 Å². The Labute approximate surface area is 111 Å². The Morgan fingerprint density at radius 1 is 1.22 bits per heavy atom. The lowest BCUT2D eigenvalue weighted by atomic mass is 9.89. The van der Waals surface area contributed by atoms with Crippen molar-refractivity contribution < 1.29 is 4.79 Å². The third kappa shape index (κ3) is 3.77. The maximum atomic E-state index is 12.3. The summed E-state index contributed by atoms with van der Waals surface area (Å²) in [5.41, 5.74) is 0. The maximum absolute atomic E-state index is 12.3. The number of piperazine rings is 1. The Hall–Kier alpha value is -0.450. The lowest BCUT2D eigenvalue weighted by Crippen LogP contribution is -2.48. The molecule has 2 aliphatic heterocycles. The molecule has 104 valence electrons. The summed E-state index contributed by atoms with van der Waals surface area (Å²) >= 11 is 0. The average Bonchev–Trinajstić information content (AvgIpc) is 2.40. The predicted molar refractivity (Wildman–Crippen MR) is 73.7 cm³/mol. The van der Waals surface area contributed by atoms with Crippen LogP contribution in [0.4, 0.5) is 0 Å². The maximum Gasteiger partial charge on any atom is 0.137 e. The van der Waals surface area contributed by atoms with Crippen LogP contribution in [0.5, 0.6) is 0 Å². The largest absolute Gasteiger partial charge is 0.314 e. The minimum atomic E-state index is 0.326. The van der Waals surface area contributed by atoms with E-state index >= 15 is 0 Å². The average molecular weight is 253 g/mol. The van der Waals surface area contributed by atoms with Gasteiger partial charge in [0.15, 0.2) is 0 Å². The second kappa shape index (κ2) is 6.64. The van der Waals surface area contributed by atoms with Gasteiger partial charge in [0.05, 0.1) is 0 Å². The van der Waals surface area contributed by atoms with Crippen molar-refractivity contribution in [3.63, 3.8) is 0 Å². The van der Waals surface area contributed by atoms with Crippen LogP contribution in [-0.2, 0) is 4.79 Å². The second-order valence-corrected chi connectivity index (χ2v) is 5.88. The summed E-state index contributed by atoms with van der Waals surface area (Å²) in [5, 5.41) is 3.36. The molecule has 2 heterocycles. The van der Waals surface area contributed by atoms with Crippen molar-refractivity contribution in [2.75, 3.05) is 46.3 Å². The van der Waals surface area contributed by atoms with E-state index in [9.17, 15) is 4.79 Å². The van der Waals surface area contributed by atoms with Gasteiger partial charge in [0.2, 0.25) is 0 Å². The highest BCUT2D eigenvalue weighted by molar-refractivity contribution is 5.81. The molecule has 4 heteroatoms. The summed E-state index contributed by atoms with van der Waals surface area (Å²) in [7, 11) is 2.14. The molecule has 1 atom stereocenters. The normalized spacial score (nSPS) is 26.1. The number of carbonyl (C=O) groups excluding carboxylic acids is 1. The number of nitrogens with one attached hydrogen (secondary N) is 1. The van der Waals surface area contributed by atoms with Crippen LogP contribution >= 0.6 is 0 Å². The molecule has 0 aliphatic carbocycles. The fourth-order valence-electron chi connectivity index (χ4n) is 3.04. The molecule has 0 saturated carbocycles. The number of hydrogen-bond donors (Lipinski definition) is 1. The van der Waals surface area contributed by atoms with Gasteiger partial charge in [-0.3, -0.25) is 9.69 Å². The van der Waals surface area contributed by atoms with Gasteiger partial charge in [-0.2, -0.15) is 0 Å². The Morgan fingerprint density at radius 3 is 2.44 bits per heavy atom. The van der Waals surface area contributed by atoms with E-state index in [2.05, 4.69) is 29.1 Å². The van der Waals surface area contributed by atoms with Crippen molar-refractivity contribution in [3.05, 3.63) is 0 Å². The van der Waals surface area contributed by atoms with Crippen LogP contribution in [0.3, 0.4) is 0 Å². The van der Waals surface area contributed by atoms with Gasteiger partial charge in [0, 0.05) is 44.6 Å². The molecule has 0 aromatic rings. The smallest absolute Gasteiger partial charge is 0.137 e. The van der Waals surface area contributed by atoms with Gasteiger partial charge in [-0.1, -0.05) is 0 Å². The van der Waals surface area contributed by atoms with E-state index in [1.807, 2.05) is 0 Å². The van der Waals surface area contributed by atoms with Crippen LogP contribution in [-0.4, -0.2) is 67.9 Å². The molecule has 0 spiro atoms. The number of Topliss-reactive ketones (excluding diaryl/α,β-unsaturated/α-hetero) is 1. The first-order chi connectivity index (χ1) is 8.66. The predicted octanol–water partition coefficient (Wildman–Crippen LogP) is 0.581. The number of hydrogen-bond acceptors (Lipinski definition) is 4. The minimum absolute atomic E-state index is 0.326. The molecule has 1 unspecified atom stereocenters. The minimum Gasteiger partial charge on any atom is -0.314 e. The van der Waals surface area contributed by atoms with Gasteiger partial charge < -0.3 is 10.2 Å². The van der Waals surface area contributed by atoms with Crippen molar-refractivity contribution in [1.29, 1.82) is 0 Å². The van der Waals surface area contributed by atoms with Crippen LogP contribution in [0, 0.1) is 5.92 Å². The number of rotatable bonds is 4. The number of carbonyl (C=O) groups is 1. The highest BCUT2D eigenvalue weighted by atomic mass is 16.1. The third-order valence-electron chi connectivity index (χ3n) is 4.45. The fraction of sp³-hybridized carbons (Fsp3) is 0.929. The van der Waals surface area contributed by atoms with Crippen LogP contribution < -0.4 is 5.32 Å². The Kier molecular flexibility index (Phi) is 5.15. The molecule has 2 saturated heterocycles. The van der Waals surface area contributed by atoms with Crippen molar-refractivity contribution >= 4 is 5.78 Å². The highest BCUT2D eigenvalue weighted by Crippen LogP contribution is 2.20. The quantitative estimate of drug-likeness (QED) is 0.795. The molecule has 18 heavy (non-hydrogen) atoms. The standard InChI is InChI=1S/C14H27N3O/c1-12(17-9-5-15-6-10-17)11-14(18)13-3-7-16(2)8-4-13/h12-13,15H,3-11H2,1-2H3. The number of nitrogens with zero attached hydrogens (tertiary/aromatic N) is 2. The van der Waals surface area contributed by atoms with Crippen molar-refractivity contribution in [2.24, 2.45) is 5.92 Å². The molecule has 2 aliphatic rings. The van der Waals surface area contributed by atoms with E-state index < -0.39 is 0 Å². The summed E-state index contributed by atoms with van der Waals surface area (Å²) in [6.07, 6.45) is 2.86. The van der Waals surface area contributed by atoms with Crippen molar-refractivity contribution in [3.8, 4) is 0 Å². The zero-order valence-electron chi connectivity index (χ0n) is 11.8. The molecule has 0 aromatic heterocycles. The summed E-state index contributed by atoms with van der Waals surface area (Å²) in [6, 6.07) is 0.416. The van der Waals surface area contributed by atoms with Crippen molar-refractivity contribution in [1.82, 2.24) is 15.1 Å². The molecular weight excluding hydrogens is 226 g/mol. The lowest BCUT2D eigenvalue weighted by Gasteiger charge is -2.34. The highest BCUT2D eigenvalue weighted by Gasteiger charge is 2.26. The van der Waals surface area contributed by atoms with Gasteiger partial charge in [0.1, 0.15) is 5.78 Å². The van der Waals surface area contributed by atoms with E-state index in [0.29, 0.717) is 17.7 Å². The zero-order valence-corrected chi connectivity index (χ0v) is 11.8. The second-order valence-electron chi connectivity index (χ2n) is 5.88.